The second-order valence-corrected chi connectivity index (χ2v) is 7.32. The zero-order chi connectivity index (χ0) is 15.8. The molecule has 1 N–H and O–H groups in total. The Labute approximate surface area is 128 Å². The fraction of sp³-hybridized carbons (Fsp3) is 0.462. The molecule has 0 radical (unpaired) electrons. The maximum absolute atomic E-state index is 12.4. The molecular formula is C13H16ClNO5S. The zero-order valence-electron chi connectivity index (χ0n) is 11.6. The van der Waals surface area contributed by atoms with Crippen LogP contribution in [0.5, 0.6) is 0 Å². The lowest BCUT2D eigenvalue weighted by Gasteiger charge is -2.40. The average Bonchev–Trinajstić information content (AvgIpc) is 2.31. The number of halogens is 1. The number of methoxy groups -OCH3 is 1. The van der Waals surface area contributed by atoms with Gasteiger partial charge in [0.1, 0.15) is 4.90 Å². The van der Waals surface area contributed by atoms with E-state index in [1.54, 1.807) is 12.1 Å². The summed E-state index contributed by atoms with van der Waals surface area (Å²) in [5.74, 6) is -1.44. The van der Waals surface area contributed by atoms with Gasteiger partial charge in [0.25, 0.3) is 0 Å². The van der Waals surface area contributed by atoms with Gasteiger partial charge in [-0.3, -0.25) is 0 Å². The third kappa shape index (κ3) is 3.06. The molecule has 0 aromatic heterocycles. The first-order chi connectivity index (χ1) is 9.77. The minimum Gasteiger partial charge on any atom is -0.479 e. The van der Waals surface area contributed by atoms with Crippen LogP contribution in [0.4, 0.5) is 0 Å². The number of aryl methyl sites for hydroxylation is 1. The fourth-order valence-corrected chi connectivity index (χ4v) is 4.43. The number of sulfonamides is 1. The Morgan fingerprint density at radius 3 is 2.57 bits per heavy atom. The number of carboxylic acids is 1. The first kappa shape index (κ1) is 16.2. The Morgan fingerprint density at radius 2 is 2.10 bits per heavy atom. The summed E-state index contributed by atoms with van der Waals surface area (Å²) in [5, 5.41) is 9.14. The van der Waals surface area contributed by atoms with Gasteiger partial charge >= 0.3 is 5.97 Å². The van der Waals surface area contributed by atoms with Crippen LogP contribution in [0, 0.1) is 12.8 Å². The molecule has 1 aliphatic rings. The molecule has 1 aromatic carbocycles. The highest BCUT2D eigenvalue weighted by molar-refractivity contribution is 7.89. The molecule has 1 saturated heterocycles. The van der Waals surface area contributed by atoms with E-state index in [0.717, 1.165) is 5.56 Å². The van der Waals surface area contributed by atoms with Gasteiger partial charge in [0.15, 0.2) is 6.10 Å². The lowest BCUT2D eigenvalue weighted by atomic mass is 9.96. The van der Waals surface area contributed by atoms with E-state index in [0.29, 0.717) is 0 Å². The predicted octanol–water partition coefficient (Wildman–Crippen LogP) is 1.37. The van der Waals surface area contributed by atoms with E-state index >= 15 is 0 Å². The van der Waals surface area contributed by atoms with Crippen LogP contribution in [0.3, 0.4) is 0 Å². The van der Waals surface area contributed by atoms with Gasteiger partial charge in [0.2, 0.25) is 10.0 Å². The molecule has 1 aromatic rings. The quantitative estimate of drug-likeness (QED) is 0.879. The summed E-state index contributed by atoms with van der Waals surface area (Å²) in [7, 11) is -2.40. The first-order valence-corrected chi connectivity index (χ1v) is 8.11. The van der Waals surface area contributed by atoms with Crippen molar-refractivity contribution in [3.05, 3.63) is 28.8 Å². The van der Waals surface area contributed by atoms with Crippen molar-refractivity contribution in [3.63, 3.8) is 0 Å². The molecule has 2 rings (SSSR count). The summed E-state index contributed by atoms with van der Waals surface area (Å²) in [6.07, 6.45) is -0.995. The number of aliphatic carboxylic acids is 1. The number of carbonyl (C=O) groups is 1. The Kier molecular flexibility index (Phi) is 4.57. The van der Waals surface area contributed by atoms with Crippen LogP contribution in [-0.2, 0) is 19.6 Å². The molecule has 0 spiro atoms. The molecular weight excluding hydrogens is 318 g/mol. The molecule has 1 fully saturated rings. The predicted molar refractivity (Wildman–Crippen MR) is 76.9 cm³/mol. The Hall–Kier alpha value is -1.15. The Bertz CT molecular complexity index is 655. The Morgan fingerprint density at radius 1 is 1.48 bits per heavy atom. The number of hydrogen-bond donors (Lipinski definition) is 1. The van der Waals surface area contributed by atoms with Crippen LogP contribution < -0.4 is 0 Å². The third-order valence-corrected chi connectivity index (χ3v) is 5.82. The van der Waals surface area contributed by atoms with Crippen LogP contribution in [0.1, 0.15) is 5.56 Å². The summed E-state index contributed by atoms with van der Waals surface area (Å²) in [4.78, 5) is 11.0. The topological polar surface area (TPSA) is 83.9 Å². The number of benzene rings is 1. The van der Waals surface area contributed by atoms with Crippen LogP contribution in [0.2, 0.25) is 5.02 Å². The molecule has 1 unspecified atom stereocenters. The largest absolute Gasteiger partial charge is 0.479 e. The fourth-order valence-electron chi connectivity index (χ4n) is 2.31. The van der Waals surface area contributed by atoms with Crippen LogP contribution in [0.15, 0.2) is 23.1 Å². The van der Waals surface area contributed by atoms with E-state index < -0.39 is 22.1 Å². The normalized spacial score (nSPS) is 18.2. The molecule has 0 bridgehead atoms. The van der Waals surface area contributed by atoms with Crippen molar-refractivity contribution in [2.45, 2.75) is 17.9 Å². The molecule has 8 heteroatoms. The molecule has 0 amide bonds. The summed E-state index contributed by atoms with van der Waals surface area (Å²) in [6.45, 7) is 2.03. The highest BCUT2D eigenvalue weighted by Crippen LogP contribution is 2.31. The second kappa shape index (κ2) is 5.92. The Balaban J connectivity index is 2.15. The van der Waals surface area contributed by atoms with E-state index in [1.807, 2.05) is 6.92 Å². The SMILES string of the molecule is COC(C(=O)O)C1CN(S(=O)(=O)c2ccc(C)cc2Cl)C1. The summed E-state index contributed by atoms with van der Waals surface area (Å²) < 4.78 is 30.9. The van der Waals surface area contributed by atoms with Crippen molar-refractivity contribution in [3.8, 4) is 0 Å². The van der Waals surface area contributed by atoms with E-state index in [1.165, 1.54) is 17.5 Å². The molecule has 1 heterocycles. The van der Waals surface area contributed by atoms with Gasteiger partial charge in [-0.05, 0) is 24.6 Å². The van der Waals surface area contributed by atoms with E-state index in [4.69, 9.17) is 21.4 Å². The smallest absolute Gasteiger partial charge is 0.333 e. The van der Waals surface area contributed by atoms with Gasteiger partial charge in [-0.15, -0.1) is 0 Å². The van der Waals surface area contributed by atoms with Gasteiger partial charge in [-0.25, -0.2) is 13.2 Å². The lowest BCUT2D eigenvalue weighted by molar-refractivity contribution is -0.154. The van der Waals surface area contributed by atoms with Crippen molar-refractivity contribution in [2.75, 3.05) is 20.2 Å². The van der Waals surface area contributed by atoms with E-state index in [2.05, 4.69) is 0 Å². The summed E-state index contributed by atoms with van der Waals surface area (Å²) >= 11 is 5.99. The van der Waals surface area contributed by atoms with Gasteiger partial charge in [0.05, 0.1) is 5.02 Å². The minimum absolute atomic E-state index is 0.0394. The minimum atomic E-state index is -3.70. The third-order valence-electron chi connectivity index (χ3n) is 3.51. The standard InChI is InChI=1S/C13H16ClNO5S/c1-8-3-4-11(10(14)5-8)21(18,19)15-6-9(7-15)12(20-2)13(16)17/h3-5,9,12H,6-7H2,1-2H3,(H,16,17). The molecule has 0 aliphatic carbocycles. The van der Waals surface area contributed by atoms with Crippen LogP contribution >= 0.6 is 11.6 Å². The zero-order valence-corrected chi connectivity index (χ0v) is 13.2. The van der Waals surface area contributed by atoms with Gasteiger partial charge in [0, 0.05) is 26.1 Å². The maximum atomic E-state index is 12.4. The van der Waals surface area contributed by atoms with Crippen molar-refractivity contribution in [1.82, 2.24) is 4.31 Å². The van der Waals surface area contributed by atoms with Gasteiger partial charge in [-0.2, -0.15) is 4.31 Å². The number of ether oxygens (including phenoxy) is 1. The van der Waals surface area contributed by atoms with Crippen LogP contribution in [0.25, 0.3) is 0 Å². The van der Waals surface area contributed by atoms with Gasteiger partial charge < -0.3 is 9.84 Å². The number of carboxylic acid groups (broad SMARTS) is 1. The van der Waals surface area contributed by atoms with Crippen molar-refractivity contribution in [1.29, 1.82) is 0 Å². The number of rotatable bonds is 5. The highest BCUT2D eigenvalue weighted by atomic mass is 35.5. The summed E-state index contributed by atoms with van der Waals surface area (Å²) in [6, 6.07) is 4.72. The van der Waals surface area contributed by atoms with Crippen molar-refractivity contribution < 1.29 is 23.1 Å². The molecule has 1 aliphatic heterocycles. The van der Waals surface area contributed by atoms with Crippen LogP contribution in [-0.4, -0.2) is 50.1 Å². The average molecular weight is 334 g/mol. The second-order valence-electron chi connectivity index (χ2n) is 5.01. The highest BCUT2D eigenvalue weighted by Gasteiger charge is 2.43. The van der Waals surface area contributed by atoms with Gasteiger partial charge in [-0.1, -0.05) is 17.7 Å². The molecule has 0 saturated carbocycles. The molecule has 6 nitrogen and oxygen atoms in total. The lowest BCUT2D eigenvalue weighted by Crippen LogP contribution is -2.56. The molecule has 116 valence electrons. The number of hydrogen-bond acceptors (Lipinski definition) is 4. The van der Waals surface area contributed by atoms with E-state index in [9.17, 15) is 13.2 Å². The summed E-state index contributed by atoms with van der Waals surface area (Å²) in [5.41, 5.74) is 0.866. The maximum Gasteiger partial charge on any atom is 0.333 e. The molecule has 21 heavy (non-hydrogen) atoms. The van der Waals surface area contributed by atoms with Crippen molar-refractivity contribution >= 4 is 27.6 Å². The van der Waals surface area contributed by atoms with Crippen molar-refractivity contribution in [2.24, 2.45) is 5.92 Å². The monoisotopic (exact) mass is 333 g/mol. The molecule has 1 atom stereocenters. The van der Waals surface area contributed by atoms with E-state index in [-0.39, 0.29) is 28.9 Å². The first-order valence-electron chi connectivity index (χ1n) is 6.29. The number of nitrogens with zero attached hydrogens (tertiary/aromatic N) is 1.